The van der Waals surface area contributed by atoms with Crippen LogP contribution in [0.3, 0.4) is 0 Å². The van der Waals surface area contributed by atoms with Gasteiger partial charge in [-0.2, -0.15) is 0 Å². The topological polar surface area (TPSA) is 38.1 Å². The van der Waals surface area contributed by atoms with Crippen LogP contribution in [0, 0.1) is 19.8 Å². The molecule has 1 aliphatic rings. The Hall–Kier alpha value is -0.830. The first kappa shape index (κ1) is 10.7. The number of aryl methyl sites for hydroxylation is 2. The maximum atomic E-state index is 5.17. The van der Waals surface area contributed by atoms with E-state index in [1.165, 1.54) is 24.8 Å². The zero-order chi connectivity index (χ0) is 10.8. The van der Waals surface area contributed by atoms with Crippen LogP contribution in [-0.2, 0) is 0 Å². The molecule has 1 heterocycles. The number of nitrogens with one attached hydrogen (secondary N) is 1. The van der Waals surface area contributed by atoms with Crippen LogP contribution in [0.1, 0.15) is 49.2 Å². The van der Waals surface area contributed by atoms with Crippen molar-refractivity contribution in [2.24, 2.45) is 5.92 Å². The molecule has 3 nitrogen and oxygen atoms in total. The molecule has 1 atom stereocenters. The lowest BCUT2D eigenvalue weighted by Gasteiger charge is -2.27. The molecule has 1 unspecified atom stereocenters. The van der Waals surface area contributed by atoms with Crippen molar-refractivity contribution in [2.75, 3.05) is 6.54 Å². The Morgan fingerprint density at radius 1 is 1.47 bits per heavy atom. The predicted molar refractivity (Wildman–Crippen MR) is 59.7 cm³/mol. The number of aromatic nitrogens is 1. The van der Waals surface area contributed by atoms with Crippen LogP contribution in [0.2, 0.25) is 0 Å². The van der Waals surface area contributed by atoms with Crippen LogP contribution in [0.15, 0.2) is 4.52 Å². The molecule has 2 rings (SSSR count). The summed E-state index contributed by atoms with van der Waals surface area (Å²) in [6, 6.07) is 0.358. The van der Waals surface area contributed by atoms with Gasteiger partial charge in [-0.1, -0.05) is 11.6 Å². The largest absolute Gasteiger partial charge is 0.361 e. The first-order valence-electron chi connectivity index (χ1n) is 5.84. The Balaban J connectivity index is 1.91. The van der Waals surface area contributed by atoms with Gasteiger partial charge in [-0.25, -0.2) is 0 Å². The van der Waals surface area contributed by atoms with Gasteiger partial charge in [0, 0.05) is 11.6 Å². The van der Waals surface area contributed by atoms with Crippen LogP contribution in [-0.4, -0.2) is 11.7 Å². The lowest BCUT2D eigenvalue weighted by atomic mass is 9.85. The Morgan fingerprint density at radius 3 is 2.67 bits per heavy atom. The summed E-state index contributed by atoms with van der Waals surface area (Å²) >= 11 is 0. The highest BCUT2D eigenvalue weighted by Gasteiger charge is 2.20. The Kier molecular flexibility index (Phi) is 3.10. The second kappa shape index (κ2) is 4.35. The van der Waals surface area contributed by atoms with Gasteiger partial charge < -0.3 is 9.84 Å². The van der Waals surface area contributed by atoms with E-state index in [-0.39, 0.29) is 0 Å². The monoisotopic (exact) mass is 208 g/mol. The van der Waals surface area contributed by atoms with Gasteiger partial charge in [-0.3, -0.25) is 0 Å². The maximum absolute atomic E-state index is 5.17. The second-order valence-corrected chi connectivity index (χ2v) is 4.66. The van der Waals surface area contributed by atoms with E-state index in [0.29, 0.717) is 6.04 Å². The quantitative estimate of drug-likeness (QED) is 0.826. The third-order valence-corrected chi connectivity index (χ3v) is 3.46. The first-order chi connectivity index (χ1) is 7.18. The van der Waals surface area contributed by atoms with Crippen molar-refractivity contribution in [2.45, 2.75) is 46.1 Å². The fourth-order valence-corrected chi connectivity index (χ4v) is 2.25. The van der Waals surface area contributed by atoms with Crippen LogP contribution in [0.5, 0.6) is 0 Å². The van der Waals surface area contributed by atoms with Crippen molar-refractivity contribution >= 4 is 0 Å². The van der Waals surface area contributed by atoms with Gasteiger partial charge >= 0.3 is 0 Å². The summed E-state index contributed by atoms with van der Waals surface area (Å²) in [7, 11) is 0. The number of nitrogens with zero attached hydrogens (tertiary/aromatic N) is 1. The smallest absolute Gasteiger partial charge is 0.138 e. The molecule has 1 saturated carbocycles. The van der Waals surface area contributed by atoms with E-state index < -0.39 is 0 Å². The zero-order valence-electron chi connectivity index (χ0n) is 9.84. The molecule has 0 radical (unpaired) electrons. The van der Waals surface area contributed by atoms with E-state index in [2.05, 4.69) is 17.4 Å². The molecule has 0 saturated heterocycles. The predicted octanol–water partition coefficient (Wildman–Crippen LogP) is 2.74. The fraction of sp³-hybridized carbons (Fsp3) is 0.750. The number of hydrogen-bond donors (Lipinski definition) is 1. The average molecular weight is 208 g/mol. The summed E-state index contributed by atoms with van der Waals surface area (Å²) in [5.41, 5.74) is 2.25. The average Bonchev–Trinajstić information content (AvgIpc) is 2.43. The third-order valence-electron chi connectivity index (χ3n) is 3.46. The van der Waals surface area contributed by atoms with E-state index in [1.54, 1.807) is 0 Å². The third kappa shape index (κ3) is 2.23. The normalized spacial score (nSPS) is 18.9. The summed E-state index contributed by atoms with van der Waals surface area (Å²) < 4.78 is 5.17. The molecule has 0 aliphatic heterocycles. The summed E-state index contributed by atoms with van der Waals surface area (Å²) in [6.45, 7) is 7.31. The number of hydrogen-bond acceptors (Lipinski definition) is 3. The van der Waals surface area contributed by atoms with Crippen molar-refractivity contribution in [1.29, 1.82) is 0 Å². The lowest BCUT2D eigenvalue weighted by molar-refractivity contribution is 0.291. The Morgan fingerprint density at radius 2 is 2.20 bits per heavy atom. The highest BCUT2D eigenvalue weighted by molar-refractivity contribution is 5.24. The van der Waals surface area contributed by atoms with E-state index in [1.807, 2.05) is 13.8 Å². The summed E-state index contributed by atoms with van der Waals surface area (Å²) in [4.78, 5) is 0. The molecular weight excluding hydrogens is 188 g/mol. The SMILES string of the molecule is Cc1noc(C)c1C(C)NCC1CCC1. The highest BCUT2D eigenvalue weighted by atomic mass is 16.5. The molecule has 1 N–H and O–H groups in total. The molecule has 1 aromatic heterocycles. The molecule has 0 aromatic carbocycles. The molecule has 15 heavy (non-hydrogen) atoms. The lowest BCUT2D eigenvalue weighted by Crippen LogP contribution is -2.29. The highest BCUT2D eigenvalue weighted by Crippen LogP contribution is 2.27. The first-order valence-corrected chi connectivity index (χ1v) is 5.84. The molecule has 0 amide bonds. The second-order valence-electron chi connectivity index (χ2n) is 4.66. The van der Waals surface area contributed by atoms with Gasteiger partial charge in [0.2, 0.25) is 0 Å². The molecule has 1 fully saturated rings. The Labute approximate surface area is 91.2 Å². The van der Waals surface area contributed by atoms with Crippen molar-refractivity contribution < 1.29 is 4.52 Å². The summed E-state index contributed by atoms with van der Waals surface area (Å²) in [5, 5.41) is 7.55. The molecule has 0 bridgehead atoms. The summed E-state index contributed by atoms with van der Waals surface area (Å²) in [5.74, 6) is 1.84. The zero-order valence-corrected chi connectivity index (χ0v) is 9.84. The van der Waals surface area contributed by atoms with Gasteiger partial charge in [0.25, 0.3) is 0 Å². The fourth-order valence-electron chi connectivity index (χ4n) is 2.25. The van der Waals surface area contributed by atoms with Gasteiger partial charge in [-0.05, 0) is 46.1 Å². The van der Waals surface area contributed by atoms with Gasteiger partial charge in [0.15, 0.2) is 0 Å². The molecule has 84 valence electrons. The molecular formula is C12H20N2O. The molecule has 3 heteroatoms. The van der Waals surface area contributed by atoms with E-state index >= 15 is 0 Å². The standard InChI is InChI=1S/C12H20N2O/c1-8(13-7-11-5-4-6-11)12-9(2)14-15-10(12)3/h8,11,13H,4-7H2,1-3H3. The van der Waals surface area contributed by atoms with Crippen LogP contribution in [0.25, 0.3) is 0 Å². The molecule has 1 aromatic rings. The van der Waals surface area contributed by atoms with Crippen LogP contribution >= 0.6 is 0 Å². The van der Waals surface area contributed by atoms with Crippen molar-refractivity contribution in [3.8, 4) is 0 Å². The van der Waals surface area contributed by atoms with Crippen molar-refractivity contribution in [3.63, 3.8) is 0 Å². The van der Waals surface area contributed by atoms with Gasteiger partial charge in [0.05, 0.1) is 5.69 Å². The molecule has 0 spiro atoms. The van der Waals surface area contributed by atoms with Crippen molar-refractivity contribution in [1.82, 2.24) is 10.5 Å². The van der Waals surface area contributed by atoms with E-state index in [0.717, 1.165) is 23.9 Å². The number of rotatable bonds is 4. The Bertz CT molecular complexity index is 309. The van der Waals surface area contributed by atoms with Gasteiger partial charge in [0.1, 0.15) is 5.76 Å². The van der Waals surface area contributed by atoms with E-state index in [4.69, 9.17) is 4.52 Å². The van der Waals surface area contributed by atoms with Gasteiger partial charge in [-0.15, -0.1) is 0 Å². The molecule has 1 aliphatic carbocycles. The minimum atomic E-state index is 0.358. The van der Waals surface area contributed by atoms with E-state index in [9.17, 15) is 0 Å². The minimum absolute atomic E-state index is 0.358. The van der Waals surface area contributed by atoms with Crippen molar-refractivity contribution in [3.05, 3.63) is 17.0 Å². The maximum Gasteiger partial charge on any atom is 0.138 e. The minimum Gasteiger partial charge on any atom is -0.361 e. The van der Waals surface area contributed by atoms with Crippen LogP contribution < -0.4 is 5.32 Å². The summed E-state index contributed by atoms with van der Waals surface area (Å²) in [6.07, 6.45) is 4.19. The van der Waals surface area contributed by atoms with Crippen LogP contribution in [0.4, 0.5) is 0 Å².